The first-order chi connectivity index (χ1) is 14.2. The summed E-state index contributed by atoms with van der Waals surface area (Å²) in [5, 5.41) is 2.97. The second kappa shape index (κ2) is 11.8. The molecule has 0 bridgehead atoms. The zero-order valence-corrected chi connectivity index (χ0v) is 17.2. The number of nitrogens with one attached hydrogen (secondary N) is 1. The summed E-state index contributed by atoms with van der Waals surface area (Å²) in [6, 6.07) is 7.12. The number of hydrogen-bond donors (Lipinski definition) is 1. The number of para-hydroxylation sites is 1. The van der Waals surface area contributed by atoms with Crippen molar-refractivity contribution in [3.63, 3.8) is 0 Å². The average molecular weight is 404 g/mol. The normalized spacial score (nSPS) is 18.1. The van der Waals surface area contributed by atoms with E-state index in [2.05, 4.69) is 10.2 Å². The van der Waals surface area contributed by atoms with Crippen LogP contribution in [0.15, 0.2) is 24.3 Å². The second-order valence-corrected chi connectivity index (χ2v) is 7.64. The molecule has 1 aromatic rings. The third-order valence-corrected chi connectivity index (χ3v) is 5.48. The zero-order valence-electron chi connectivity index (χ0n) is 17.2. The molecule has 0 aromatic heterocycles. The van der Waals surface area contributed by atoms with Gasteiger partial charge >= 0.3 is 0 Å². The molecular weight excluding hydrogens is 370 g/mol. The summed E-state index contributed by atoms with van der Waals surface area (Å²) in [6.45, 7) is 6.61. The Balaban J connectivity index is 1.44. The quantitative estimate of drug-likeness (QED) is 0.672. The first kappa shape index (κ1) is 21.6. The predicted molar refractivity (Wildman–Crippen MR) is 111 cm³/mol. The lowest BCUT2D eigenvalue weighted by atomic mass is 10.2. The van der Waals surface area contributed by atoms with Crippen LogP contribution in [-0.2, 0) is 9.53 Å². The van der Waals surface area contributed by atoms with Crippen molar-refractivity contribution in [1.82, 2.24) is 15.1 Å². The molecule has 0 radical (unpaired) electrons. The fraction of sp³-hybridized carbons (Fsp3) is 0.636. The van der Waals surface area contributed by atoms with Gasteiger partial charge in [-0.1, -0.05) is 25.0 Å². The lowest BCUT2D eigenvalue weighted by Gasteiger charge is -2.26. The summed E-state index contributed by atoms with van der Waals surface area (Å²) < 4.78 is 11.1. The van der Waals surface area contributed by atoms with Crippen molar-refractivity contribution < 1.29 is 19.1 Å². The predicted octanol–water partition coefficient (Wildman–Crippen LogP) is 1.92. The van der Waals surface area contributed by atoms with Crippen LogP contribution in [0.3, 0.4) is 0 Å². The Morgan fingerprint density at radius 1 is 1.00 bits per heavy atom. The van der Waals surface area contributed by atoms with E-state index in [0.717, 1.165) is 65.2 Å². The van der Waals surface area contributed by atoms with Gasteiger partial charge < -0.3 is 19.7 Å². The van der Waals surface area contributed by atoms with Gasteiger partial charge in [0.2, 0.25) is 0 Å². The van der Waals surface area contributed by atoms with Crippen LogP contribution in [0.1, 0.15) is 42.5 Å². The standard InChI is InChI=1S/C22H33N3O4/c26-21(25-12-5-1-2-6-13-25)18-29-20-9-4-3-8-19(20)22(27)23-10-7-11-24-14-16-28-17-15-24/h3-4,8-9H,1-2,5-7,10-18H2,(H,23,27). The van der Waals surface area contributed by atoms with Gasteiger partial charge in [0, 0.05) is 32.7 Å². The van der Waals surface area contributed by atoms with E-state index in [-0.39, 0.29) is 18.4 Å². The van der Waals surface area contributed by atoms with E-state index in [1.165, 1.54) is 12.8 Å². The van der Waals surface area contributed by atoms with Crippen molar-refractivity contribution in [2.75, 3.05) is 59.1 Å². The molecule has 2 aliphatic heterocycles. The molecule has 2 fully saturated rings. The van der Waals surface area contributed by atoms with Crippen molar-refractivity contribution in [3.8, 4) is 5.75 Å². The molecule has 7 nitrogen and oxygen atoms in total. The van der Waals surface area contributed by atoms with E-state index in [0.29, 0.717) is 17.9 Å². The van der Waals surface area contributed by atoms with Crippen LogP contribution in [0.5, 0.6) is 5.75 Å². The minimum absolute atomic E-state index is 0.00683. The molecule has 2 aliphatic rings. The number of ether oxygens (including phenoxy) is 2. The van der Waals surface area contributed by atoms with Crippen molar-refractivity contribution in [2.24, 2.45) is 0 Å². The first-order valence-electron chi connectivity index (χ1n) is 10.8. The molecular formula is C22H33N3O4. The molecule has 0 saturated carbocycles. The van der Waals surface area contributed by atoms with Gasteiger partial charge in [-0.2, -0.15) is 0 Å². The Kier molecular flexibility index (Phi) is 8.77. The molecule has 160 valence electrons. The molecule has 0 aliphatic carbocycles. The van der Waals surface area contributed by atoms with E-state index < -0.39 is 0 Å². The van der Waals surface area contributed by atoms with E-state index in [1.54, 1.807) is 12.1 Å². The summed E-state index contributed by atoms with van der Waals surface area (Å²) in [4.78, 5) is 29.3. The molecule has 0 unspecified atom stereocenters. The van der Waals surface area contributed by atoms with Crippen LogP contribution in [0.2, 0.25) is 0 Å². The van der Waals surface area contributed by atoms with Crippen LogP contribution < -0.4 is 10.1 Å². The molecule has 29 heavy (non-hydrogen) atoms. The Bertz CT molecular complexity index is 653. The van der Waals surface area contributed by atoms with E-state index in [1.807, 2.05) is 17.0 Å². The topological polar surface area (TPSA) is 71.1 Å². The first-order valence-corrected chi connectivity index (χ1v) is 10.8. The second-order valence-electron chi connectivity index (χ2n) is 7.64. The fourth-order valence-corrected chi connectivity index (χ4v) is 3.76. The molecule has 7 heteroatoms. The van der Waals surface area contributed by atoms with E-state index in [9.17, 15) is 9.59 Å². The van der Waals surface area contributed by atoms with Crippen molar-refractivity contribution in [3.05, 3.63) is 29.8 Å². The number of carbonyl (C=O) groups is 2. The highest BCUT2D eigenvalue weighted by Gasteiger charge is 2.18. The van der Waals surface area contributed by atoms with Crippen molar-refractivity contribution in [2.45, 2.75) is 32.1 Å². The maximum absolute atomic E-state index is 12.6. The number of rotatable bonds is 8. The fourth-order valence-electron chi connectivity index (χ4n) is 3.76. The third kappa shape index (κ3) is 7.01. The molecule has 1 N–H and O–H groups in total. The van der Waals surface area contributed by atoms with Crippen LogP contribution in [0.25, 0.3) is 0 Å². The molecule has 0 spiro atoms. The lowest BCUT2D eigenvalue weighted by Crippen LogP contribution is -2.38. The number of carbonyl (C=O) groups excluding carboxylic acids is 2. The summed E-state index contributed by atoms with van der Waals surface area (Å²) in [7, 11) is 0. The summed E-state index contributed by atoms with van der Waals surface area (Å²) in [5.41, 5.74) is 0.475. The van der Waals surface area contributed by atoms with Crippen LogP contribution in [0, 0.1) is 0 Å². The number of benzene rings is 1. The highest BCUT2D eigenvalue weighted by atomic mass is 16.5. The molecule has 2 amide bonds. The van der Waals surface area contributed by atoms with Gasteiger partial charge in [-0.15, -0.1) is 0 Å². The van der Waals surface area contributed by atoms with Gasteiger partial charge in [-0.05, 0) is 37.9 Å². The van der Waals surface area contributed by atoms with Gasteiger partial charge in [0.15, 0.2) is 6.61 Å². The summed E-state index contributed by atoms with van der Waals surface area (Å²) >= 11 is 0. The van der Waals surface area contributed by atoms with Crippen LogP contribution in [0.4, 0.5) is 0 Å². The molecule has 0 atom stereocenters. The Labute approximate surface area is 173 Å². The van der Waals surface area contributed by atoms with Crippen molar-refractivity contribution in [1.29, 1.82) is 0 Å². The Morgan fingerprint density at radius 2 is 1.72 bits per heavy atom. The van der Waals surface area contributed by atoms with E-state index >= 15 is 0 Å². The Hall–Kier alpha value is -2.12. The number of nitrogens with zero attached hydrogens (tertiary/aromatic N) is 2. The zero-order chi connectivity index (χ0) is 20.3. The largest absolute Gasteiger partial charge is 0.483 e. The number of hydrogen-bond acceptors (Lipinski definition) is 5. The molecule has 3 rings (SSSR count). The SMILES string of the molecule is O=C(NCCCN1CCOCC1)c1ccccc1OCC(=O)N1CCCCCC1. The van der Waals surface area contributed by atoms with Gasteiger partial charge in [0.1, 0.15) is 5.75 Å². The highest BCUT2D eigenvalue weighted by Crippen LogP contribution is 2.18. The van der Waals surface area contributed by atoms with Gasteiger partial charge in [0.05, 0.1) is 18.8 Å². The third-order valence-electron chi connectivity index (χ3n) is 5.48. The van der Waals surface area contributed by atoms with Gasteiger partial charge in [-0.25, -0.2) is 0 Å². The monoisotopic (exact) mass is 403 g/mol. The minimum atomic E-state index is -0.162. The van der Waals surface area contributed by atoms with Gasteiger partial charge in [0.25, 0.3) is 11.8 Å². The number of morpholine rings is 1. The molecule has 2 saturated heterocycles. The smallest absolute Gasteiger partial charge is 0.260 e. The summed E-state index contributed by atoms with van der Waals surface area (Å²) in [5.74, 6) is 0.291. The number of amides is 2. The molecule has 1 aromatic carbocycles. The maximum Gasteiger partial charge on any atom is 0.260 e. The highest BCUT2D eigenvalue weighted by molar-refractivity contribution is 5.97. The Morgan fingerprint density at radius 3 is 2.48 bits per heavy atom. The van der Waals surface area contributed by atoms with Gasteiger partial charge in [-0.3, -0.25) is 14.5 Å². The number of likely N-dealkylation sites (tertiary alicyclic amines) is 1. The maximum atomic E-state index is 12.6. The molecule has 2 heterocycles. The average Bonchev–Trinajstić information content (AvgIpc) is 3.05. The van der Waals surface area contributed by atoms with Crippen LogP contribution in [-0.4, -0.2) is 80.7 Å². The van der Waals surface area contributed by atoms with Crippen molar-refractivity contribution >= 4 is 11.8 Å². The summed E-state index contributed by atoms with van der Waals surface area (Å²) in [6.07, 6.45) is 5.35. The van der Waals surface area contributed by atoms with Crippen LogP contribution >= 0.6 is 0 Å². The minimum Gasteiger partial charge on any atom is -0.483 e. The lowest BCUT2D eigenvalue weighted by molar-refractivity contribution is -0.133. The van der Waals surface area contributed by atoms with E-state index in [4.69, 9.17) is 9.47 Å².